The van der Waals surface area contributed by atoms with Gasteiger partial charge in [-0.15, -0.1) is 0 Å². The van der Waals surface area contributed by atoms with Crippen molar-refractivity contribution in [2.45, 2.75) is 155 Å². The second-order valence-electron chi connectivity index (χ2n) is 16.0. The van der Waals surface area contributed by atoms with Crippen molar-refractivity contribution >= 4 is 23.6 Å². The van der Waals surface area contributed by atoms with Crippen LogP contribution >= 0.6 is 0 Å². The first-order valence-corrected chi connectivity index (χ1v) is 20.6. The molecule has 0 aromatic rings. The minimum Gasteiger partial charge on any atom is -0.351 e. The normalized spacial score (nSPS) is 11.7. The molecule has 0 aromatic carbocycles. The fraction of sp³-hybridized carbons (Fsp3) is 0.900. The van der Waals surface area contributed by atoms with Crippen LogP contribution < -0.4 is 21.3 Å². The van der Waals surface area contributed by atoms with Crippen LogP contribution in [0.3, 0.4) is 0 Å². The third-order valence-corrected chi connectivity index (χ3v) is 9.24. The van der Waals surface area contributed by atoms with Crippen LogP contribution in [0.15, 0.2) is 0 Å². The van der Waals surface area contributed by atoms with E-state index in [-0.39, 0.29) is 49.8 Å². The topological polar surface area (TPSA) is 116 Å². The lowest BCUT2D eigenvalue weighted by molar-refractivity contribution is -0.874. The molecule has 0 saturated carbocycles. The Morgan fingerprint density at radius 2 is 0.500 bits per heavy atom. The molecule has 10 nitrogen and oxygen atoms in total. The zero-order valence-corrected chi connectivity index (χ0v) is 33.7. The highest BCUT2D eigenvalue weighted by molar-refractivity contribution is 5.80. The molecule has 4 N–H and O–H groups in total. The van der Waals surface area contributed by atoms with Gasteiger partial charge in [0.2, 0.25) is 0 Å². The monoisotopic (exact) mass is 711 g/mol. The molecule has 50 heavy (non-hydrogen) atoms. The summed E-state index contributed by atoms with van der Waals surface area (Å²) in [5.41, 5.74) is 0. The van der Waals surface area contributed by atoms with Crippen molar-refractivity contribution in [1.82, 2.24) is 21.3 Å². The minimum atomic E-state index is -0.0768. The van der Waals surface area contributed by atoms with Crippen LogP contribution in [0.25, 0.3) is 0 Å². The third kappa shape index (κ3) is 33.0. The van der Waals surface area contributed by atoms with E-state index in [2.05, 4.69) is 35.1 Å². The lowest BCUT2D eigenvalue weighted by atomic mass is 10.1. The molecule has 0 aliphatic carbocycles. The van der Waals surface area contributed by atoms with E-state index in [1.165, 1.54) is 103 Å². The number of carbonyl (C=O) groups excluding carboxylic acids is 4. The van der Waals surface area contributed by atoms with E-state index in [1.807, 2.05) is 28.2 Å². The van der Waals surface area contributed by atoms with Gasteiger partial charge < -0.3 is 30.2 Å². The standard InChI is InChI=1S/C40H80N6O4/c1-7-9-11-13-15-17-19-21-23-25-29-41-37(47)33-45(3,4)35-39(49)43-31-27-28-32-44-40(50)36-46(5,6)34-38(48)42-30-26-24-22-20-18-16-14-12-10-8-2/h7-36H2,1-6H3,(H2-2,41,42,43,44,47,48,49,50)/p+2. The highest BCUT2D eigenvalue weighted by Crippen LogP contribution is 2.11. The van der Waals surface area contributed by atoms with Crippen LogP contribution in [-0.4, -0.2) is 113 Å². The number of hydrogen-bond donors (Lipinski definition) is 4. The molecule has 294 valence electrons. The molecule has 10 heteroatoms. The highest BCUT2D eigenvalue weighted by Gasteiger charge is 2.24. The zero-order chi connectivity index (χ0) is 37.4. The van der Waals surface area contributed by atoms with E-state index < -0.39 is 0 Å². The molecule has 0 spiro atoms. The van der Waals surface area contributed by atoms with Crippen molar-refractivity contribution in [3.05, 3.63) is 0 Å². The molecule has 0 aliphatic heterocycles. The highest BCUT2D eigenvalue weighted by atomic mass is 16.2. The summed E-state index contributed by atoms with van der Waals surface area (Å²) >= 11 is 0. The average Bonchev–Trinajstić information content (AvgIpc) is 3.03. The second kappa shape index (κ2) is 31.5. The fourth-order valence-corrected chi connectivity index (χ4v) is 6.28. The van der Waals surface area contributed by atoms with E-state index >= 15 is 0 Å². The first kappa shape index (κ1) is 47.8. The van der Waals surface area contributed by atoms with Crippen molar-refractivity contribution in [3.8, 4) is 0 Å². The molecule has 0 saturated heterocycles. The van der Waals surface area contributed by atoms with Gasteiger partial charge in [0.15, 0.2) is 26.2 Å². The summed E-state index contributed by atoms with van der Waals surface area (Å²) < 4.78 is 0.605. The number of carbonyl (C=O) groups is 4. The summed E-state index contributed by atoms with van der Waals surface area (Å²) in [4.78, 5) is 49.9. The van der Waals surface area contributed by atoms with E-state index in [4.69, 9.17) is 0 Å². The van der Waals surface area contributed by atoms with E-state index in [0.29, 0.717) is 35.1 Å². The molecule has 0 aromatic heterocycles. The number of quaternary nitrogens is 2. The van der Waals surface area contributed by atoms with Crippen molar-refractivity contribution in [2.24, 2.45) is 0 Å². The van der Waals surface area contributed by atoms with E-state index in [0.717, 1.165) is 38.5 Å². The zero-order valence-electron chi connectivity index (χ0n) is 33.7. The Hall–Kier alpha value is -2.20. The Bertz CT molecular complexity index is 810. The largest absolute Gasteiger partial charge is 0.351 e. The van der Waals surface area contributed by atoms with Crippen molar-refractivity contribution in [1.29, 1.82) is 0 Å². The fourth-order valence-electron chi connectivity index (χ4n) is 6.28. The van der Waals surface area contributed by atoms with Crippen LogP contribution in [0.2, 0.25) is 0 Å². The van der Waals surface area contributed by atoms with Crippen LogP contribution in [0.5, 0.6) is 0 Å². The van der Waals surface area contributed by atoms with Gasteiger partial charge in [-0.3, -0.25) is 19.2 Å². The summed E-state index contributed by atoms with van der Waals surface area (Å²) in [7, 11) is 7.60. The molecule has 4 amide bonds. The van der Waals surface area contributed by atoms with Gasteiger partial charge in [-0.05, 0) is 25.7 Å². The number of nitrogens with zero attached hydrogens (tertiary/aromatic N) is 2. The Labute approximate surface area is 308 Å². The van der Waals surface area contributed by atoms with Gasteiger partial charge in [0.25, 0.3) is 23.6 Å². The first-order chi connectivity index (χ1) is 23.9. The van der Waals surface area contributed by atoms with Gasteiger partial charge in [0.05, 0.1) is 28.2 Å². The Morgan fingerprint density at radius 3 is 0.720 bits per heavy atom. The summed E-state index contributed by atoms with van der Waals surface area (Å²) in [5, 5.41) is 11.9. The number of rotatable bonds is 35. The molecule has 0 heterocycles. The summed E-state index contributed by atoms with van der Waals surface area (Å²) in [5.74, 6) is -0.179. The number of likely N-dealkylation sites (N-methyl/N-ethyl adjacent to an activating group) is 2. The maximum atomic E-state index is 12.5. The smallest absolute Gasteiger partial charge is 0.275 e. The number of amides is 4. The van der Waals surface area contributed by atoms with Crippen LogP contribution in [0.1, 0.15) is 155 Å². The first-order valence-electron chi connectivity index (χ1n) is 20.6. The van der Waals surface area contributed by atoms with E-state index in [9.17, 15) is 19.2 Å². The molecule has 0 bridgehead atoms. The van der Waals surface area contributed by atoms with Crippen molar-refractivity contribution in [2.75, 3.05) is 80.5 Å². The van der Waals surface area contributed by atoms with Gasteiger partial charge in [-0.1, -0.05) is 129 Å². The lowest BCUT2D eigenvalue weighted by Gasteiger charge is -2.28. The molecular weight excluding hydrogens is 628 g/mol. The van der Waals surface area contributed by atoms with Gasteiger partial charge >= 0.3 is 0 Å². The molecule has 0 unspecified atom stereocenters. The van der Waals surface area contributed by atoms with Crippen LogP contribution in [0.4, 0.5) is 0 Å². The molecule has 0 fully saturated rings. The Morgan fingerprint density at radius 1 is 0.320 bits per heavy atom. The molecule has 0 radical (unpaired) electrons. The predicted molar refractivity (Wildman–Crippen MR) is 209 cm³/mol. The molecule has 0 atom stereocenters. The van der Waals surface area contributed by atoms with Crippen LogP contribution in [-0.2, 0) is 19.2 Å². The van der Waals surface area contributed by atoms with Gasteiger partial charge in [0.1, 0.15) is 0 Å². The quantitative estimate of drug-likeness (QED) is 0.0462. The summed E-state index contributed by atoms with van der Waals surface area (Å²) in [6.45, 7) is 7.97. The SMILES string of the molecule is CCCCCCCCCCCCNC(=O)C[N+](C)(C)CC(=O)NCCCCNC(=O)C[N+](C)(C)CC(=O)NCCCCCCCCCCCC. The molecule has 0 aliphatic rings. The van der Waals surface area contributed by atoms with E-state index in [1.54, 1.807) is 0 Å². The minimum absolute atomic E-state index is 0.0127. The van der Waals surface area contributed by atoms with Crippen molar-refractivity contribution < 1.29 is 28.1 Å². The third-order valence-electron chi connectivity index (χ3n) is 9.24. The molecule has 0 rings (SSSR count). The predicted octanol–water partition coefficient (Wildman–Crippen LogP) is 6.23. The van der Waals surface area contributed by atoms with Crippen LogP contribution in [0, 0.1) is 0 Å². The lowest BCUT2D eigenvalue weighted by Crippen LogP contribution is -2.52. The molecular formula is C40H82N6O4+2. The van der Waals surface area contributed by atoms with Gasteiger partial charge in [-0.25, -0.2) is 0 Å². The Balaban J connectivity index is 3.86. The summed E-state index contributed by atoms with van der Waals surface area (Å²) in [6.07, 6.45) is 26.9. The number of unbranched alkanes of at least 4 members (excludes halogenated alkanes) is 19. The van der Waals surface area contributed by atoms with Gasteiger partial charge in [0, 0.05) is 26.2 Å². The van der Waals surface area contributed by atoms with Crippen molar-refractivity contribution in [3.63, 3.8) is 0 Å². The Kier molecular flexibility index (Phi) is 30.1. The number of nitrogens with one attached hydrogen (secondary N) is 4. The number of hydrogen-bond acceptors (Lipinski definition) is 4. The maximum Gasteiger partial charge on any atom is 0.275 e. The van der Waals surface area contributed by atoms with Gasteiger partial charge in [-0.2, -0.15) is 0 Å². The average molecular weight is 711 g/mol. The second-order valence-corrected chi connectivity index (χ2v) is 16.0. The maximum absolute atomic E-state index is 12.5. The summed E-state index contributed by atoms with van der Waals surface area (Å²) in [6, 6.07) is 0.